The van der Waals surface area contributed by atoms with Crippen LogP contribution in [0.4, 0.5) is 4.79 Å². The van der Waals surface area contributed by atoms with Crippen LogP contribution in [0.1, 0.15) is 22.7 Å². The summed E-state index contributed by atoms with van der Waals surface area (Å²) < 4.78 is 0. The molecule has 1 atom stereocenters. The van der Waals surface area contributed by atoms with Gasteiger partial charge in [0.15, 0.2) is 0 Å². The monoisotopic (exact) mass is 421 g/mol. The van der Waals surface area contributed by atoms with Gasteiger partial charge in [-0.25, -0.2) is 4.79 Å². The second-order valence-corrected chi connectivity index (χ2v) is 8.10. The molecule has 0 saturated heterocycles. The molecule has 2 amide bonds. The number of urea groups is 1. The smallest absolute Gasteiger partial charge is 0.315 e. The van der Waals surface area contributed by atoms with E-state index in [4.69, 9.17) is 28.9 Å². The second kappa shape index (κ2) is 6.83. The summed E-state index contributed by atoms with van der Waals surface area (Å²) in [5.74, 6) is 0. The van der Waals surface area contributed by atoms with E-state index in [-0.39, 0.29) is 6.04 Å². The van der Waals surface area contributed by atoms with Gasteiger partial charge in [-0.1, -0.05) is 47.5 Å². The first kappa shape index (κ1) is 18.1. The largest absolute Gasteiger partial charge is 0.361 e. The molecule has 1 aliphatic heterocycles. The van der Waals surface area contributed by atoms with Crippen molar-refractivity contribution in [2.45, 2.75) is 12.6 Å². The van der Waals surface area contributed by atoms with Gasteiger partial charge in [0.2, 0.25) is 0 Å². The van der Waals surface area contributed by atoms with Gasteiger partial charge in [-0.2, -0.15) is 0 Å². The van der Waals surface area contributed by atoms with Crippen LogP contribution in [0.2, 0.25) is 10.0 Å². The first-order valence-electron chi connectivity index (χ1n) is 9.22. The van der Waals surface area contributed by atoms with E-state index in [0.717, 1.165) is 38.7 Å². The van der Waals surface area contributed by atoms with Crippen LogP contribution in [0.3, 0.4) is 0 Å². The molecule has 1 unspecified atom stereocenters. The standard InChI is InChI=1S/C23H17Cl2N3O/c24-16-4-1-13(2-5-16)14-3-7-18-15(9-14)12-28(23(26)29)22(18)20-11-27-21-8-6-17(25)10-19(20)21/h1-11,22,27H,12H2,(H2,26,29). The maximum Gasteiger partial charge on any atom is 0.315 e. The average molecular weight is 422 g/mol. The highest BCUT2D eigenvalue weighted by Crippen LogP contribution is 2.42. The number of H-pyrrole nitrogens is 1. The maximum absolute atomic E-state index is 12.3. The molecule has 144 valence electrons. The molecule has 0 aliphatic carbocycles. The number of fused-ring (bicyclic) bond motifs is 2. The number of nitrogens with two attached hydrogens (primary N) is 1. The molecule has 4 nitrogen and oxygen atoms in total. The summed E-state index contributed by atoms with van der Waals surface area (Å²) in [6.45, 7) is 0.462. The number of amides is 2. The molecule has 3 aromatic carbocycles. The fourth-order valence-electron chi connectivity index (χ4n) is 4.16. The molecule has 1 aromatic heterocycles. The van der Waals surface area contributed by atoms with Gasteiger partial charge in [0.05, 0.1) is 6.04 Å². The molecular weight excluding hydrogens is 405 g/mol. The minimum atomic E-state index is -0.448. The van der Waals surface area contributed by atoms with Crippen molar-refractivity contribution in [1.29, 1.82) is 0 Å². The lowest BCUT2D eigenvalue weighted by Crippen LogP contribution is -2.34. The van der Waals surface area contributed by atoms with Gasteiger partial charge in [0.25, 0.3) is 0 Å². The zero-order valence-corrected chi connectivity index (χ0v) is 16.8. The van der Waals surface area contributed by atoms with E-state index in [1.54, 1.807) is 4.90 Å². The summed E-state index contributed by atoms with van der Waals surface area (Å²) in [4.78, 5) is 17.2. The number of carbonyl (C=O) groups excluding carboxylic acids is 1. The SMILES string of the molecule is NC(=O)N1Cc2cc(-c3ccc(Cl)cc3)ccc2C1c1c[nH]c2ccc(Cl)cc12. The molecule has 6 heteroatoms. The highest BCUT2D eigenvalue weighted by atomic mass is 35.5. The van der Waals surface area contributed by atoms with Crippen molar-refractivity contribution in [2.75, 3.05) is 0 Å². The van der Waals surface area contributed by atoms with Gasteiger partial charge >= 0.3 is 6.03 Å². The van der Waals surface area contributed by atoms with Crippen LogP contribution in [-0.2, 0) is 6.54 Å². The molecule has 2 heterocycles. The Balaban J connectivity index is 1.63. The summed E-state index contributed by atoms with van der Waals surface area (Å²) in [5, 5.41) is 2.34. The van der Waals surface area contributed by atoms with Crippen molar-refractivity contribution in [3.05, 3.63) is 93.6 Å². The predicted octanol–water partition coefficient (Wildman–Crippen LogP) is 6.13. The number of nitrogens with one attached hydrogen (secondary N) is 1. The van der Waals surface area contributed by atoms with E-state index in [0.29, 0.717) is 16.6 Å². The number of hydrogen-bond donors (Lipinski definition) is 2. The lowest BCUT2D eigenvalue weighted by Gasteiger charge is -2.23. The van der Waals surface area contributed by atoms with E-state index in [2.05, 4.69) is 23.2 Å². The Bertz CT molecular complexity index is 1250. The lowest BCUT2D eigenvalue weighted by atomic mass is 9.94. The van der Waals surface area contributed by atoms with Crippen LogP contribution in [0.15, 0.2) is 66.9 Å². The average Bonchev–Trinajstić information content (AvgIpc) is 3.28. The summed E-state index contributed by atoms with van der Waals surface area (Å²) in [7, 11) is 0. The molecule has 4 aromatic rings. The highest BCUT2D eigenvalue weighted by molar-refractivity contribution is 6.31. The second-order valence-electron chi connectivity index (χ2n) is 7.22. The van der Waals surface area contributed by atoms with Crippen LogP contribution in [0, 0.1) is 0 Å². The predicted molar refractivity (Wildman–Crippen MR) is 117 cm³/mol. The first-order chi connectivity index (χ1) is 14.0. The van der Waals surface area contributed by atoms with Crippen molar-refractivity contribution >= 4 is 40.1 Å². The summed E-state index contributed by atoms with van der Waals surface area (Å²) in [6, 6.07) is 19.0. The number of nitrogens with zero attached hydrogens (tertiary/aromatic N) is 1. The Morgan fingerprint density at radius 2 is 1.66 bits per heavy atom. The van der Waals surface area contributed by atoms with Crippen LogP contribution in [0.25, 0.3) is 22.0 Å². The van der Waals surface area contributed by atoms with Crippen molar-refractivity contribution < 1.29 is 4.79 Å². The Hall–Kier alpha value is -2.95. The van der Waals surface area contributed by atoms with Crippen LogP contribution in [0.5, 0.6) is 0 Å². The number of rotatable bonds is 2. The highest BCUT2D eigenvalue weighted by Gasteiger charge is 2.35. The summed E-state index contributed by atoms with van der Waals surface area (Å²) >= 11 is 12.2. The minimum Gasteiger partial charge on any atom is -0.361 e. The zero-order chi connectivity index (χ0) is 20.1. The van der Waals surface area contributed by atoms with Crippen molar-refractivity contribution in [3.8, 4) is 11.1 Å². The molecule has 0 radical (unpaired) electrons. The number of halogens is 2. The molecule has 0 saturated carbocycles. The zero-order valence-electron chi connectivity index (χ0n) is 15.3. The number of aromatic nitrogens is 1. The quantitative estimate of drug-likeness (QED) is 0.401. The van der Waals surface area contributed by atoms with Gasteiger partial charge in [-0.15, -0.1) is 0 Å². The van der Waals surface area contributed by atoms with Crippen molar-refractivity contribution in [2.24, 2.45) is 5.73 Å². The van der Waals surface area contributed by atoms with E-state index < -0.39 is 6.03 Å². The Labute approximate surface area is 177 Å². The third-order valence-electron chi connectivity index (χ3n) is 5.52. The fraction of sp³-hybridized carbons (Fsp3) is 0.0870. The number of hydrogen-bond acceptors (Lipinski definition) is 1. The van der Waals surface area contributed by atoms with Crippen molar-refractivity contribution in [1.82, 2.24) is 9.88 Å². The van der Waals surface area contributed by atoms with Gasteiger partial charge < -0.3 is 15.6 Å². The van der Waals surface area contributed by atoms with Gasteiger partial charge in [0.1, 0.15) is 0 Å². The normalized spacial score (nSPS) is 15.7. The number of primary amides is 1. The third-order valence-corrected chi connectivity index (χ3v) is 6.01. The minimum absolute atomic E-state index is 0.256. The fourth-order valence-corrected chi connectivity index (χ4v) is 4.45. The third kappa shape index (κ3) is 3.05. The molecule has 0 spiro atoms. The molecule has 3 N–H and O–H groups in total. The van der Waals surface area contributed by atoms with E-state index in [1.807, 2.05) is 48.7 Å². The number of carbonyl (C=O) groups is 1. The Morgan fingerprint density at radius 3 is 2.41 bits per heavy atom. The molecule has 1 aliphatic rings. The molecule has 5 rings (SSSR count). The topological polar surface area (TPSA) is 62.1 Å². The molecule has 0 bridgehead atoms. The van der Waals surface area contributed by atoms with Crippen LogP contribution >= 0.6 is 23.2 Å². The molecular formula is C23H17Cl2N3O. The Morgan fingerprint density at radius 1 is 0.931 bits per heavy atom. The van der Waals surface area contributed by atoms with E-state index in [9.17, 15) is 4.79 Å². The Kier molecular flexibility index (Phi) is 4.26. The summed E-state index contributed by atoms with van der Waals surface area (Å²) in [5.41, 5.74) is 12.0. The van der Waals surface area contributed by atoms with Crippen LogP contribution in [-0.4, -0.2) is 15.9 Å². The number of aromatic amines is 1. The number of benzene rings is 3. The van der Waals surface area contributed by atoms with Crippen molar-refractivity contribution in [3.63, 3.8) is 0 Å². The molecule has 29 heavy (non-hydrogen) atoms. The van der Waals surface area contributed by atoms with Crippen LogP contribution < -0.4 is 5.73 Å². The summed E-state index contributed by atoms with van der Waals surface area (Å²) in [6.07, 6.45) is 1.93. The van der Waals surface area contributed by atoms with Gasteiger partial charge in [0, 0.05) is 39.3 Å². The first-order valence-corrected chi connectivity index (χ1v) is 9.98. The lowest BCUT2D eigenvalue weighted by molar-refractivity contribution is 0.199. The van der Waals surface area contributed by atoms with Gasteiger partial charge in [-0.05, 0) is 58.7 Å². The van der Waals surface area contributed by atoms with Gasteiger partial charge in [-0.3, -0.25) is 0 Å². The molecule has 0 fully saturated rings. The van der Waals surface area contributed by atoms with E-state index >= 15 is 0 Å². The van der Waals surface area contributed by atoms with E-state index in [1.165, 1.54) is 0 Å². The maximum atomic E-state index is 12.3.